The lowest BCUT2D eigenvalue weighted by molar-refractivity contribution is 0.630. The fourth-order valence-corrected chi connectivity index (χ4v) is 8.45. The lowest BCUT2D eigenvalue weighted by Gasteiger charge is -2.35. The van der Waals surface area contributed by atoms with Crippen molar-refractivity contribution in [3.05, 3.63) is 169 Å². The standard InChI is InChI=1S/C48H32N4O/c1-48(2)37-20-10-12-22-40(37)52-39-21-11-9-18-33(39)35-27-32(28-38(48)44(35)52)31-24-25-41-36(26-31)43-34(19-13-23-42(43)53-41)47-50-45(29-14-5-3-6-15-29)49-46(51-47)30-16-7-4-8-17-30/h3-28H,1-2H3. The Bertz CT molecular complexity index is 3020. The zero-order valence-corrected chi connectivity index (χ0v) is 29.2. The molecule has 0 spiro atoms. The monoisotopic (exact) mass is 680 g/mol. The highest BCUT2D eigenvalue weighted by Crippen LogP contribution is 2.49. The van der Waals surface area contributed by atoms with Crippen molar-refractivity contribution in [3.63, 3.8) is 0 Å². The third-order valence-electron chi connectivity index (χ3n) is 11.0. The zero-order valence-electron chi connectivity index (χ0n) is 29.2. The summed E-state index contributed by atoms with van der Waals surface area (Å²) < 4.78 is 8.98. The summed E-state index contributed by atoms with van der Waals surface area (Å²) in [6, 6.07) is 55.3. The van der Waals surface area contributed by atoms with Crippen LogP contribution in [0, 0.1) is 0 Å². The third-order valence-corrected chi connectivity index (χ3v) is 11.0. The molecule has 53 heavy (non-hydrogen) atoms. The second-order valence-electron chi connectivity index (χ2n) is 14.4. The van der Waals surface area contributed by atoms with Crippen LogP contribution in [-0.2, 0) is 5.41 Å². The van der Waals surface area contributed by atoms with Gasteiger partial charge in [0.05, 0.1) is 16.7 Å². The Morgan fingerprint density at radius 2 is 1.13 bits per heavy atom. The number of para-hydroxylation sites is 2. The van der Waals surface area contributed by atoms with Crippen LogP contribution in [0.5, 0.6) is 0 Å². The van der Waals surface area contributed by atoms with E-state index in [0.717, 1.165) is 44.2 Å². The molecular weight excluding hydrogens is 649 g/mol. The minimum atomic E-state index is -0.194. The molecule has 3 aromatic heterocycles. The minimum Gasteiger partial charge on any atom is -0.456 e. The molecule has 0 saturated heterocycles. The van der Waals surface area contributed by atoms with E-state index >= 15 is 0 Å². The van der Waals surface area contributed by atoms with Crippen LogP contribution in [0.4, 0.5) is 0 Å². The van der Waals surface area contributed by atoms with E-state index in [1.807, 2.05) is 72.8 Å². The van der Waals surface area contributed by atoms with Crippen LogP contribution in [0.1, 0.15) is 25.0 Å². The van der Waals surface area contributed by atoms with Gasteiger partial charge >= 0.3 is 0 Å². The largest absolute Gasteiger partial charge is 0.456 e. The molecule has 0 bridgehead atoms. The smallest absolute Gasteiger partial charge is 0.164 e. The van der Waals surface area contributed by atoms with E-state index in [1.54, 1.807) is 0 Å². The molecule has 0 aliphatic carbocycles. The fraction of sp³-hybridized carbons (Fsp3) is 0.0625. The van der Waals surface area contributed by atoms with Crippen LogP contribution >= 0.6 is 0 Å². The number of furan rings is 1. The normalized spacial score (nSPS) is 13.2. The van der Waals surface area contributed by atoms with Crippen LogP contribution in [0.2, 0.25) is 0 Å². The number of hydrogen-bond acceptors (Lipinski definition) is 4. The van der Waals surface area contributed by atoms with E-state index in [-0.39, 0.29) is 5.41 Å². The second-order valence-corrected chi connectivity index (χ2v) is 14.4. The first-order valence-electron chi connectivity index (χ1n) is 18.0. The summed E-state index contributed by atoms with van der Waals surface area (Å²) in [5.74, 6) is 1.87. The van der Waals surface area contributed by atoms with Gasteiger partial charge in [0.25, 0.3) is 0 Å². The van der Waals surface area contributed by atoms with E-state index in [9.17, 15) is 0 Å². The quantitative estimate of drug-likeness (QED) is 0.186. The van der Waals surface area contributed by atoms with Gasteiger partial charge in [-0.15, -0.1) is 0 Å². The lowest BCUT2D eigenvalue weighted by atomic mass is 9.74. The van der Waals surface area contributed by atoms with Gasteiger partial charge in [-0.2, -0.15) is 0 Å². The van der Waals surface area contributed by atoms with Crippen molar-refractivity contribution >= 4 is 43.7 Å². The van der Waals surface area contributed by atoms with Crippen molar-refractivity contribution in [1.29, 1.82) is 0 Å². The number of benzene rings is 7. The Morgan fingerprint density at radius 1 is 0.472 bits per heavy atom. The fourth-order valence-electron chi connectivity index (χ4n) is 8.45. The minimum absolute atomic E-state index is 0.194. The summed E-state index contributed by atoms with van der Waals surface area (Å²) in [6.45, 7) is 4.71. The predicted octanol–water partition coefficient (Wildman–Crippen LogP) is 12.2. The average Bonchev–Trinajstić information content (AvgIpc) is 3.76. The molecule has 0 radical (unpaired) electrons. The first-order valence-corrected chi connectivity index (χ1v) is 18.0. The van der Waals surface area contributed by atoms with E-state index in [4.69, 9.17) is 19.4 Å². The van der Waals surface area contributed by atoms with Gasteiger partial charge in [-0.05, 0) is 64.7 Å². The van der Waals surface area contributed by atoms with Crippen LogP contribution in [0.25, 0.3) is 94.7 Å². The Balaban J connectivity index is 1.15. The maximum Gasteiger partial charge on any atom is 0.164 e. The Hall–Kier alpha value is -6.85. The van der Waals surface area contributed by atoms with Crippen LogP contribution in [-0.4, -0.2) is 19.5 Å². The van der Waals surface area contributed by atoms with Gasteiger partial charge in [-0.1, -0.05) is 129 Å². The first kappa shape index (κ1) is 29.8. The third kappa shape index (κ3) is 4.40. The van der Waals surface area contributed by atoms with Crippen molar-refractivity contribution in [1.82, 2.24) is 19.5 Å². The molecule has 250 valence electrons. The summed E-state index contributed by atoms with van der Waals surface area (Å²) in [4.78, 5) is 15.1. The Morgan fingerprint density at radius 3 is 1.91 bits per heavy atom. The molecule has 4 heterocycles. The highest BCUT2D eigenvalue weighted by molar-refractivity contribution is 6.15. The summed E-state index contributed by atoms with van der Waals surface area (Å²) in [5.41, 5.74) is 12.9. The van der Waals surface area contributed by atoms with Crippen molar-refractivity contribution in [2.75, 3.05) is 0 Å². The van der Waals surface area contributed by atoms with Gasteiger partial charge in [0, 0.05) is 43.7 Å². The van der Waals surface area contributed by atoms with Gasteiger partial charge in [-0.3, -0.25) is 0 Å². The molecule has 0 unspecified atom stereocenters. The van der Waals surface area contributed by atoms with Gasteiger partial charge in [0.2, 0.25) is 0 Å². The second kappa shape index (κ2) is 11.1. The van der Waals surface area contributed by atoms with E-state index < -0.39 is 0 Å². The van der Waals surface area contributed by atoms with Crippen molar-refractivity contribution in [2.45, 2.75) is 19.3 Å². The Labute approximate surface area is 305 Å². The van der Waals surface area contributed by atoms with E-state index in [0.29, 0.717) is 17.5 Å². The molecule has 1 aliphatic rings. The Kier molecular flexibility index (Phi) is 6.23. The molecule has 5 nitrogen and oxygen atoms in total. The molecule has 0 N–H and O–H groups in total. The summed E-state index contributed by atoms with van der Waals surface area (Å²) in [7, 11) is 0. The lowest BCUT2D eigenvalue weighted by Crippen LogP contribution is -2.26. The van der Waals surface area contributed by atoms with Crippen LogP contribution in [0.3, 0.4) is 0 Å². The van der Waals surface area contributed by atoms with Gasteiger partial charge in [0.15, 0.2) is 17.5 Å². The molecule has 7 aromatic carbocycles. The topological polar surface area (TPSA) is 56.7 Å². The highest BCUT2D eigenvalue weighted by Gasteiger charge is 2.35. The van der Waals surface area contributed by atoms with Crippen LogP contribution < -0.4 is 0 Å². The molecule has 10 aromatic rings. The molecule has 0 atom stereocenters. The number of fused-ring (bicyclic) bond motifs is 8. The molecule has 1 aliphatic heterocycles. The molecule has 5 heteroatoms. The van der Waals surface area contributed by atoms with Crippen molar-refractivity contribution in [3.8, 4) is 51.0 Å². The van der Waals surface area contributed by atoms with Gasteiger partial charge in [0.1, 0.15) is 11.2 Å². The number of aromatic nitrogens is 4. The SMILES string of the molecule is CC1(C)c2ccccc2-n2c3ccccc3c3cc(-c4ccc5oc6cccc(-c7nc(-c8ccccc8)nc(-c8ccccc8)n7)c6c5c4)cc1c32. The molecule has 0 saturated carbocycles. The zero-order chi connectivity index (χ0) is 35.3. The predicted molar refractivity (Wildman–Crippen MR) is 215 cm³/mol. The summed E-state index contributed by atoms with van der Waals surface area (Å²) >= 11 is 0. The highest BCUT2D eigenvalue weighted by atomic mass is 16.3. The molecular formula is C48H32N4O. The molecule has 0 fully saturated rings. The average molecular weight is 681 g/mol. The van der Waals surface area contributed by atoms with E-state index in [1.165, 1.54) is 44.2 Å². The van der Waals surface area contributed by atoms with Crippen molar-refractivity contribution in [2.24, 2.45) is 0 Å². The molecule has 0 amide bonds. The van der Waals surface area contributed by atoms with E-state index in [2.05, 4.69) is 103 Å². The van der Waals surface area contributed by atoms with Crippen LogP contribution in [0.15, 0.2) is 162 Å². The van der Waals surface area contributed by atoms with Crippen molar-refractivity contribution < 1.29 is 4.42 Å². The number of hydrogen-bond donors (Lipinski definition) is 0. The van der Waals surface area contributed by atoms with Gasteiger partial charge < -0.3 is 8.98 Å². The van der Waals surface area contributed by atoms with Gasteiger partial charge in [-0.25, -0.2) is 15.0 Å². The first-order chi connectivity index (χ1) is 26.0. The number of rotatable bonds is 4. The summed E-state index contributed by atoms with van der Waals surface area (Å²) in [6.07, 6.45) is 0. The maximum atomic E-state index is 6.52. The molecule has 11 rings (SSSR count). The summed E-state index contributed by atoms with van der Waals surface area (Å²) in [5, 5.41) is 4.53. The maximum absolute atomic E-state index is 6.52. The number of nitrogens with zero attached hydrogens (tertiary/aromatic N) is 4.